The van der Waals surface area contributed by atoms with Crippen molar-refractivity contribution in [1.29, 1.82) is 0 Å². The van der Waals surface area contributed by atoms with Gasteiger partial charge in [-0.1, -0.05) is 12.1 Å². The number of benzene rings is 1. The van der Waals surface area contributed by atoms with Gasteiger partial charge in [0.15, 0.2) is 0 Å². The first-order valence-corrected chi connectivity index (χ1v) is 5.62. The monoisotopic (exact) mass is 257 g/mol. The molecule has 6 heteroatoms. The van der Waals surface area contributed by atoms with E-state index in [9.17, 15) is 4.79 Å². The number of carbonyl (C=O) groups is 1. The average Bonchev–Trinajstić information content (AvgIpc) is 2.46. The molecule has 1 aromatic heterocycles. The molecule has 0 spiro atoms. The fourth-order valence-corrected chi connectivity index (χ4v) is 1.66. The highest BCUT2D eigenvalue weighted by Crippen LogP contribution is 2.16. The molecule has 0 radical (unpaired) electrons. The number of rotatable bonds is 3. The first-order valence-electron chi connectivity index (χ1n) is 5.62. The summed E-state index contributed by atoms with van der Waals surface area (Å²) in [7, 11) is -0.208. The molecule has 2 rings (SSSR count). The Labute approximate surface area is 110 Å². The lowest BCUT2D eigenvalue weighted by Crippen LogP contribution is -2.29. The number of pyridine rings is 1. The fourth-order valence-electron chi connectivity index (χ4n) is 1.66. The topological polar surface area (TPSA) is 79.7 Å². The van der Waals surface area contributed by atoms with Crippen molar-refractivity contribution in [3.63, 3.8) is 0 Å². The Kier molecular flexibility index (Phi) is 3.94. The Balaban J connectivity index is 2.32. The van der Waals surface area contributed by atoms with Crippen molar-refractivity contribution in [2.24, 2.45) is 0 Å². The van der Waals surface area contributed by atoms with Crippen molar-refractivity contribution in [3.8, 4) is 11.3 Å². The summed E-state index contributed by atoms with van der Waals surface area (Å²) in [6, 6.07) is 9.81. The van der Waals surface area contributed by atoms with Crippen LogP contribution in [0.4, 0.5) is 0 Å². The Morgan fingerprint density at radius 1 is 1.21 bits per heavy atom. The quantitative estimate of drug-likeness (QED) is 0.607. The molecule has 2 N–H and O–H groups in total. The normalized spacial score (nSPS) is 10.1. The summed E-state index contributed by atoms with van der Waals surface area (Å²) in [6.07, 6.45) is 1.50. The van der Waals surface area contributed by atoms with Crippen LogP contribution in [0.5, 0.6) is 0 Å². The maximum absolute atomic E-state index is 11.3. The second-order valence-electron chi connectivity index (χ2n) is 3.92. The number of hydrogen-bond donors (Lipinski definition) is 2. The molecular weight excluding hydrogens is 245 g/mol. The van der Waals surface area contributed by atoms with E-state index < -0.39 is 13.1 Å². The lowest BCUT2D eigenvalue weighted by molar-refractivity contribution is 0.0600. The van der Waals surface area contributed by atoms with Crippen LogP contribution in [0, 0.1) is 0 Å². The largest absolute Gasteiger partial charge is 0.488 e. The van der Waals surface area contributed by atoms with Gasteiger partial charge in [0.1, 0.15) is 0 Å². The van der Waals surface area contributed by atoms with Crippen molar-refractivity contribution >= 4 is 18.6 Å². The van der Waals surface area contributed by atoms with Crippen molar-refractivity contribution in [3.05, 3.63) is 48.2 Å². The van der Waals surface area contributed by atoms with E-state index in [0.29, 0.717) is 16.7 Å². The predicted molar refractivity (Wildman–Crippen MR) is 70.8 cm³/mol. The summed E-state index contributed by atoms with van der Waals surface area (Å²) in [6.45, 7) is 0. The molecule has 0 saturated carbocycles. The number of ether oxygens (including phenoxy) is 1. The highest BCUT2D eigenvalue weighted by atomic mass is 16.5. The van der Waals surface area contributed by atoms with Gasteiger partial charge in [-0.15, -0.1) is 0 Å². The summed E-state index contributed by atoms with van der Waals surface area (Å²) >= 11 is 0. The molecule has 5 nitrogen and oxygen atoms in total. The fraction of sp³-hybridized carbons (Fsp3) is 0.0769. The van der Waals surface area contributed by atoms with Crippen LogP contribution in [0.2, 0.25) is 0 Å². The minimum Gasteiger partial charge on any atom is -0.465 e. The number of methoxy groups -OCH3 is 1. The predicted octanol–water partition coefficient (Wildman–Crippen LogP) is 0.215. The lowest BCUT2D eigenvalue weighted by Gasteiger charge is -2.05. The van der Waals surface area contributed by atoms with Gasteiger partial charge in [-0.2, -0.15) is 0 Å². The minimum atomic E-state index is -1.53. The molecule has 0 saturated heterocycles. The van der Waals surface area contributed by atoms with Gasteiger partial charge in [-0.3, -0.25) is 4.98 Å². The van der Waals surface area contributed by atoms with Crippen LogP contribution in [0.25, 0.3) is 11.3 Å². The Bertz CT molecular complexity index is 583. The van der Waals surface area contributed by atoms with Crippen LogP contribution >= 0.6 is 0 Å². The van der Waals surface area contributed by atoms with Gasteiger partial charge in [0.2, 0.25) is 0 Å². The molecular formula is C13H12BNO4. The van der Waals surface area contributed by atoms with Crippen LogP contribution in [0.3, 0.4) is 0 Å². The summed E-state index contributed by atoms with van der Waals surface area (Å²) in [5.41, 5.74) is 2.18. The SMILES string of the molecule is COC(=O)c1ccc(-c2cc(B(O)O)ccn2)cc1. The smallest absolute Gasteiger partial charge is 0.465 e. The molecule has 0 atom stereocenters. The Morgan fingerprint density at radius 2 is 1.89 bits per heavy atom. The van der Waals surface area contributed by atoms with Gasteiger partial charge >= 0.3 is 13.1 Å². The molecule has 0 fully saturated rings. The molecule has 1 aromatic carbocycles. The van der Waals surface area contributed by atoms with Crippen LogP contribution in [-0.2, 0) is 4.74 Å². The van der Waals surface area contributed by atoms with Crippen LogP contribution in [0.1, 0.15) is 10.4 Å². The van der Waals surface area contributed by atoms with E-state index in [4.69, 9.17) is 10.0 Å². The molecule has 0 amide bonds. The van der Waals surface area contributed by atoms with Gasteiger partial charge in [0, 0.05) is 11.8 Å². The highest BCUT2D eigenvalue weighted by Gasteiger charge is 2.12. The number of nitrogens with zero attached hydrogens (tertiary/aromatic N) is 1. The highest BCUT2D eigenvalue weighted by molar-refractivity contribution is 6.58. The number of aromatic nitrogens is 1. The van der Waals surface area contributed by atoms with Crippen molar-refractivity contribution in [1.82, 2.24) is 4.98 Å². The molecule has 0 aliphatic carbocycles. The van der Waals surface area contributed by atoms with E-state index in [1.807, 2.05) is 0 Å². The standard InChI is InChI=1S/C13H12BNO4/c1-19-13(16)10-4-2-9(3-5-10)12-8-11(14(17)18)6-7-15-12/h2-8,17-18H,1H3. The summed E-state index contributed by atoms with van der Waals surface area (Å²) < 4.78 is 4.61. The van der Waals surface area contributed by atoms with E-state index >= 15 is 0 Å². The molecule has 19 heavy (non-hydrogen) atoms. The van der Waals surface area contributed by atoms with Crippen molar-refractivity contribution in [2.45, 2.75) is 0 Å². The molecule has 96 valence electrons. The lowest BCUT2D eigenvalue weighted by atomic mass is 9.80. The second kappa shape index (κ2) is 5.64. The third kappa shape index (κ3) is 2.99. The molecule has 0 aliphatic rings. The third-order valence-electron chi connectivity index (χ3n) is 2.68. The zero-order valence-electron chi connectivity index (χ0n) is 10.3. The van der Waals surface area contributed by atoms with Gasteiger partial charge < -0.3 is 14.8 Å². The van der Waals surface area contributed by atoms with Crippen LogP contribution in [-0.4, -0.2) is 35.2 Å². The first kappa shape index (κ1) is 13.3. The Morgan fingerprint density at radius 3 is 2.47 bits per heavy atom. The third-order valence-corrected chi connectivity index (χ3v) is 2.68. The van der Waals surface area contributed by atoms with Crippen molar-refractivity contribution in [2.75, 3.05) is 7.11 Å². The molecule has 0 unspecified atom stereocenters. The van der Waals surface area contributed by atoms with Gasteiger partial charge in [0.05, 0.1) is 18.4 Å². The summed E-state index contributed by atoms with van der Waals surface area (Å²) in [4.78, 5) is 15.4. The van der Waals surface area contributed by atoms with Crippen molar-refractivity contribution < 1.29 is 19.6 Å². The minimum absolute atomic E-state index is 0.363. The summed E-state index contributed by atoms with van der Waals surface area (Å²) in [5.74, 6) is -0.404. The Hall–Kier alpha value is -2.18. The van der Waals surface area contributed by atoms with E-state index in [-0.39, 0.29) is 0 Å². The van der Waals surface area contributed by atoms with Crippen LogP contribution < -0.4 is 5.46 Å². The zero-order chi connectivity index (χ0) is 13.8. The van der Waals surface area contributed by atoms with E-state index in [1.54, 1.807) is 30.3 Å². The van der Waals surface area contributed by atoms with E-state index in [1.165, 1.54) is 19.4 Å². The first-order chi connectivity index (χ1) is 9.11. The summed E-state index contributed by atoms with van der Waals surface area (Å²) in [5, 5.41) is 18.2. The molecule has 0 aliphatic heterocycles. The van der Waals surface area contributed by atoms with Gasteiger partial charge in [-0.25, -0.2) is 4.79 Å². The molecule has 1 heterocycles. The average molecular weight is 257 g/mol. The van der Waals surface area contributed by atoms with Crippen LogP contribution in [0.15, 0.2) is 42.6 Å². The maximum Gasteiger partial charge on any atom is 0.488 e. The second-order valence-corrected chi connectivity index (χ2v) is 3.92. The van der Waals surface area contributed by atoms with Gasteiger partial charge in [0.25, 0.3) is 0 Å². The number of carbonyl (C=O) groups excluding carboxylic acids is 1. The zero-order valence-corrected chi connectivity index (χ0v) is 10.3. The molecule has 0 bridgehead atoms. The van der Waals surface area contributed by atoms with Gasteiger partial charge in [-0.05, 0) is 29.7 Å². The maximum atomic E-state index is 11.3. The molecule has 2 aromatic rings. The van der Waals surface area contributed by atoms with E-state index in [0.717, 1.165) is 5.56 Å². The number of esters is 1. The number of hydrogen-bond acceptors (Lipinski definition) is 5. The van der Waals surface area contributed by atoms with E-state index in [2.05, 4.69) is 9.72 Å².